The van der Waals surface area contributed by atoms with Gasteiger partial charge in [0, 0.05) is 22.4 Å². The van der Waals surface area contributed by atoms with Gasteiger partial charge < -0.3 is 4.90 Å². The van der Waals surface area contributed by atoms with Crippen LogP contribution in [0.5, 0.6) is 0 Å². The van der Waals surface area contributed by atoms with Gasteiger partial charge in [-0.25, -0.2) is 0 Å². The first-order valence-electron chi connectivity index (χ1n) is 19.9. The molecule has 266 valence electrons. The van der Waals surface area contributed by atoms with Gasteiger partial charge in [0.15, 0.2) is 0 Å². The van der Waals surface area contributed by atoms with Crippen molar-refractivity contribution in [3.8, 4) is 44.5 Å². The molecule has 3 aliphatic carbocycles. The van der Waals surface area contributed by atoms with Crippen molar-refractivity contribution >= 4 is 22.6 Å². The highest BCUT2D eigenvalue weighted by atomic mass is 15.1. The Hall–Kier alpha value is -6.18. The van der Waals surface area contributed by atoms with Crippen molar-refractivity contribution in [2.75, 3.05) is 4.90 Å². The van der Waals surface area contributed by atoms with Gasteiger partial charge in [0.25, 0.3) is 0 Å². The minimum Gasteiger partial charge on any atom is -0.310 e. The van der Waals surface area contributed by atoms with Gasteiger partial charge in [-0.2, -0.15) is 0 Å². The lowest BCUT2D eigenvalue weighted by molar-refractivity contribution is 0.660. The van der Waals surface area contributed by atoms with Gasteiger partial charge >= 0.3 is 0 Å². The maximum atomic E-state index is 2.47. The smallest absolute Gasteiger partial charge is 0.0536 e. The molecule has 0 saturated heterocycles. The van der Waals surface area contributed by atoms with E-state index < -0.39 is 0 Å². The molecule has 0 amide bonds. The Morgan fingerprint density at radius 2 is 1.18 bits per heavy atom. The molecule has 0 N–H and O–H groups in total. The van der Waals surface area contributed by atoms with Crippen molar-refractivity contribution in [3.05, 3.63) is 203 Å². The third-order valence-corrected chi connectivity index (χ3v) is 12.4. The first-order valence-corrected chi connectivity index (χ1v) is 19.9. The number of allylic oxidation sites excluding steroid dienone is 4. The van der Waals surface area contributed by atoms with E-state index in [1.54, 1.807) is 0 Å². The number of nitrogens with zero attached hydrogens (tertiary/aromatic N) is 1. The molecule has 0 aliphatic heterocycles. The van der Waals surface area contributed by atoms with Crippen LogP contribution in [0.1, 0.15) is 73.1 Å². The molecule has 10 rings (SSSR count). The lowest BCUT2D eigenvalue weighted by Crippen LogP contribution is -2.17. The number of benzene rings is 7. The first kappa shape index (κ1) is 33.4. The minimum atomic E-state index is -0.0892. The number of hydrogen-bond acceptors (Lipinski definition) is 1. The molecule has 0 spiro atoms. The van der Waals surface area contributed by atoms with E-state index in [4.69, 9.17) is 0 Å². The van der Waals surface area contributed by atoms with Crippen LogP contribution in [-0.2, 0) is 18.3 Å². The number of anilines is 3. The van der Waals surface area contributed by atoms with E-state index in [0.29, 0.717) is 0 Å². The van der Waals surface area contributed by atoms with E-state index in [1.807, 2.05) is 0 Å². The van der Waals surface area contributed by atoms with Crippen LogP contribution in [0.4, 0.5) is 17.1 Å². The number of hydrogen-bond donors (Lipinski definition) is 0. The van der Waals surface area contributed by atoms with Gasteiger partial charge in [0.05, 0.1) is 5.69 Å². The summed E-state index contributed by atoms with van der Waals surface area (Å²) in [6, 6.07) is 55.0. The molecule has 0 saturated carbocycles. The molecule has 7 aromatic rings. The van der Waals surface area contributed by atoms with Gasteiger partial charge in [0.1, 0.15) is 0 Å². The van der Waals surface area contributed by atoms with Crippen LogP contribution in [0.2, 0.25) is 0 Å². The van der Waals surface area contributed by atoms with Crippen molar-refractivity contribution in [2.24, 2.45) is 0 Å². The van der Waals surface area contributed by atoms with Crippen LogP contribution in [0.25, 0.3) is 50.1 Å². The summed E-state index contributed by atoms with van der Waals surface area (Å²) in [5, 5.41) is 0. The standard InChI is InChI=1S/C54H45N/c1-5-7-14-35(6-2)44-16-11-13-20-51(44)55(43-28-30-48-47-18-10-12-19-49(47)54(3,4)50(48)34-43)42-26-23-36(24-27-42)37-25-29-46-41(31-37)33-40-22-21-39-32-38-15-8-9-17-45(38)52(39)53(40)46/h5,7-31,34H,6,32-33H2,1-4H3/b7-5-,35-14+. The van der Waals surface area contributed by atoms with E-state index >= 15 is 0 Å². The Morgan fingerprint density at radius 3 is 1.96 bits per heavy atom. The van der Waals surface area contributed by atoms with Crippen molar-refractivity contribution in [3.63, 3.8) is 0 Å². The average molecular weight is 708 g/mol. The fourth-order valence-corrected chi connectivity index (χ4v) is 9.70. The lowest BCUT2D eigenvalue weighted by Gasteiger charge is -2.30. The lowest BCUT2D eigenvalue weighted by atomic mass is 9.82. The molecule has 0 atom stereocenters. The Labute approximate surface area is 326 Å². The van der Waals surface area contributed by atoms with E-state index in [-0.39, 0.29) is 5.41 Å². The minimum absolute atomic E-state index is 0.0892. The average Bonchev–Trinajstić information content (AvgIpc) is 3.86. The third kappa shape index (κ3) is 5.29. The Bertz CT molecular complexity index is 2720. The maximum Gasteiger partial charge on any atom is 0.0536 e. The summed E-state index contributed by atoms with van der Waals surface area (Å²) in [6.45, 7) is 9.07. The number of fused-ring (bicyclic) bond motifs is 10. The molecule has 0 bridgehead atoms. The van der Waals surface area contributed by atoms with E-state index in [0.717, 1.165) is 24.9 Å². The zero-order chi connectivity index (χ0) is 37.3. The van der Waals surface area contributed by atoms with Crippen LogP contribution < -0.4 is 4.90 Å². The van der Waals surface area contributed by atoms with E-state index in [2.05, 4.69) is 196 Å². The van der Waals surface area contributed by atoms with Gasteiger partial charge in [-0.3, -0.25) is 0 Å². The Kier molecular flexibility index (Phi) is 7.89. The Morgan fingerprint density at radius 1 is 0.564 bits per heavy atom. The summed E-state index contributed by atoms with van der Waals surface area (Å²) < 4.78 is 0. The highest BCUT2D eigenvalue weighted by Crippen LogP contribution is 2.52. The molecular formula is C54H45N. The van der Waals surface area contributed by atoms with Crippen molar-refractivity contribution < 1.29 is 0 Å². The molecular weight excluding hydrogens is 663 g/mol. The highest BCUT2D eigenvalue weighted by molar-refractivity contribution is 5.96. The molecule has 7 aromatic carbocycles. The summed E-state index contributed by atoms with van der Waals surface area (Å²) in [5.41, 5.74) is 25.4. The topological polar surface area (TPSA) is 3.24 Å². The van der Waals surface area contributed by atoms with Crippen LogP contribution >= 0.6 is 0 Å². The van der Waals surface area contributed by atoms with Crippen LogP contribution in [0.15, 0.2) is 164 Å². The van der Waals surface area contributed by atoms with Crippen molar-refractivity contribution in [1.82, 2.24) is 0 Å². The summed E-state index contributed by atoms with van der Waals surface area (Å²) in [7, 11) is 0. The predicted molar refractivity (Wildman–Crippen MR) is 234 cm³/mol. The van der Waals surface area contributed by atoms with Gasteiger partial charge in [-0.05, 0) is 140 Å². The van der Waals surface area contributed by atoms with E-state index in [9.17, 15) is 0 Å². The summed E-state index contributed by atoms with van der Waals surface area (Å²) in [5.74, 6) is 0. The predicted octanol–water partition coefficient (Wildman–Crippen LogP) is 14.6. The van der Waals surface area contributed by atoms with Gasteiger partial charge in [-0.1, -0.05) is 154 Å². The normalized spacial score (nSPS) is 14.3. The van der Waals surface area contributed by atoms with Crippen LogP contribution in [-0.4, -0.2) is 0 Å². The largest absolute Gasteiger partial charge is 0.310 e. The second-order valence-electron chi connectivity index (χ2n) is 15.9. The maximum absolute atomic E-state index is 2.47. The second kappa shape index (κ2) is 13.0. The summed E-state index contributed by atoms with van der Waals surface area (Å²) in [6.07, 6.45) is 9.49. The fraction of sp³-hybridized carbons (Fsp3) is 0.148. The molecule has 0 radical (unpaired) electrons. The molecule has 3 aliphatic rings. The Balaban J connectivity index is 1.06. The van der Waals surface area contributed by atoms with Gasteiger partial charge in [-0.15, -0.1) is 0 Å². The second-order valence-corrected chi connectivity index (χ2v) is 15.9. The summed E-state index contributed by atoms with van der Waals surface area (Å²) in [4.78, 5) is 2.47. The van der Waals surface area contributed by atoms with Crippen LogP contribution in [0.3, 0.4) is 0 Å². The SMILES string of the molecule is C/C=C\C=C(/CC)c1ccccc1N(c1ccc(-c2ccc3c(c2)Cc2ccc4c(c2-3)-c2ccccc2C4)cc1)c1ccc2c(c1)C(C)(C)c1ccccc1-2. The first-order chi connectivity index (χ1) is 26.9. The zero-order valence-corrected chi connectivity index (χ0v) is 32.2. The monoisotopic (exact) mass is 707 g/mol. The fourth-order valence-electron chi connectivity index (χ4n) is 9.70. The summed E-state index contributed by atoms with van der Waals surface area (Å²) >= 11 is 0. The highest BCUT2D eigenvalue weighted by Gasteiger charge is 2.36. The van der Waals surface area contributed by atoms with Crippen LogP contribution in [0, 0.1) is 0 Å². The molecule has 1 nitrogen and oxygen atoms in total. The number of para-hydroxylation sites is 1. The third-order valence-electron chi connectivity index (χ3n) is 12.4. The van der Waals surface area contributed by atoms with Crippen molar-refractivity contribution in [1.29, 1.82) is 0 Å². The molecule has 0 unspecified atom stereocenters. The molecule has 0 aromatic heterocycles. The molecule has 55 heavy (non-hydrogen) atoms. The van der Waals surface area contributed by atoms with Gasteiger partial charge in [0.2, 0.25) is 0 Å². The number of rotatable bonds is 7. The molecule has 0 fully saturated rings. The quantitative estimate of drug-likeness (QED) is 0.149. The molecule has 1 heteroatoms. The van der Waals surface area contributed by atoms with E-state index in [1.165, 1.54) is 100 Å². The van der Waals surface area contributed by atoms with Crippen molar-refractivity contribution in [2.45, 2.75) is 52.4 Å². The molecule has 0 heterocycles. The zero-order valence-electron chi connectivity index (χ0n) is 32.2.